The van der Waals surface area contributed by atoms with Crippen molar-refractivity contribution >= 4 is 5.97 Å². The maximum absolute atomic E-state index is 10.7. The van der Waals surface area contributed by atoms with E-state index in [9.17, 15) is 4.79 Å². The molecule has 2 N–H and O–H groups in total. The van der Waals surface area contributed by atoms with Crippen LogP contribution in [0.25, 0.3) is 0 Å². The zero-order chi connectivity index (χ0) is 9.68. The van der Waals surface area contributed by atoms with E-state index in [0.717, 1.165) is 19.3 Å². The molecule has 1 atom stereocenters. The van der Waals surface area contributed by atoms with Crippen LogP contribution in [-0.2, 0) is 4.79 Å². The predicted octanol–water partition coefficient (Wildman–Crippen LogP) is 0.853. The number of unbranched alkanes of at least 4 members (excludes halogenated alkanes) is 1. The largest absolute Gasteiger partial charge is 0.480 e. The van der Waals surface area contributed by atoms with Crippen LogP contribution in [-0.4, -0.2) is 23.7 Å². The van der Waals surface area contributed by atoms with Crippen LogP contribution in [0.2, 0.25) is 0 Å². The fourth-order valence-corrected chi connectivity index (χ4v) is 1.33. The van der Waals surface area contributed by atoms with Crippen molar-refractivity contribution in [3.63, 3.8) is 0 Å². The summed E-state index contributed by atoms with van der Waals surface area (Å²) >= 11 is 0. The lowest BCUT2D eigenvalue weighted by Crippen LogP contribution is -2.38. The van der Waals surface area contributed by atoms with Crippen LogP contribution in [0.15, 0.2) is 0 Å². The molecule has 0 saturated heterocycles. The van der Waals surface area contributed by atoms with E-state index in [4.69, 9.17) is 11.5 Å². The van der Waals surface area contributed by atoms with E-state index < -0.39 is 5.97 Å². The molecule has 0 amide bonds. The summed E-state index contributed by atoms with van der Waals surface area (Å²) in [6, 6.07) is -0.349. The molecule has 0 spiro atoms. The number of hydrogen-bond acceptors (Lipinski definition) is 2. The quantitative estimate of drug-likeness (QED) is 0.472. The second kappa shape index (κ2) is 4.88. The van der Waals surface area contributed by atoms with Crippen molar-refractivity contribution in [1.82, 2.24) is 5.32 Å². The van der Waals surface area contributed by atoms with Gasteiger partial charge in [-0.1, -0.05) is 0 Å². The molecule has 0 aromatic heterocycles. The normalized spacial score (nSPS) is 17.8. The first-order valence-electron chi connectivity index (χ1n) is 4.65. The first-order chi connectivity index (χ1) is 6.25. The molecule has 1 rings (SSSR count). The molecule has 3 nitrogen and oxygen atoms in total. The third-order valence-electron chi connectivity index (χ3n) is 2.22. The van der Waals surface area contributed by atoms with Gasteiger partial charge in [0.05, 0.1) is 0 Å². The average Bonchev–Trinajstić information content (AvgIpc) is 2.87. The summed E-state index contributed by atoms with van der Waals surface area (Å²) in [6.07, 6.45) is 8.73. The summed E-state index contributed by atoms with van der Waals surface area (Å²) in [4.78, 5) is 10.7. The van der Waals surface area contributed by atoms with Crippen LogP contribution in [0.3, 0.4) is 0 Å². The van der Waals surface area contributed by atoms with Crippen molar-refractivity contribution in [2.75, 3.05) is 6.54 Å². The zero-order valence-corrected chi connectivity index (χ0v) is 7.62. The molecule has 1 saturated carbocycles. The number of carboxylic acid groups (broad SMARTS) is 1. The highest BCUT2D eigenvalue weighted by Gasteiger charge is 2.35. The third-order valence-corrected chi connectivity index (χ3v) is 2.22. The lowest BCUT2D eigenvalue weighted by atomic mass is 10.2. The molecular formula is C10H15NO2. The molecule has 1 aliphatic carbocycles. The molecule has 72 valence electrons. The summed E-state index contributed by atoms with van der Waals surface area (Å²) in [7, 11) is 0. The van der Waals surface area contributed by atoms with Gasteiger partial charge in [-0.25, -0.2) is 0 Å². The van der Waals surface area contributed by atoms with Crippen molar-refractivity contribution < 1.29 is 9.90 Å². The lowest BCUT2D eigenvalue weighted by molar-refractivity contribution is -0.140. The Bertz CT molecular complexity index is 215. The van der Waals surface area contributed by atoms with E-state index in [1.165, 1.54) is 0 Å². The minimum Gasteiger partial charge on any atom is -0.480 e. The van der Waals surface area contributed by atoms with Gasteiger partial charge in [0.2, 0.25) is 0 Å². The second-order valence-corrected chi connectivity index (χ2v) is 3.42. The highest BCUT2D eigenvalue weighted by atomic mass is 16.4. The summed E-state index contributed by atoms with van der Waals surface area (Å²) in [5, 5.41) is 11.9. The molecule has 3 heteroatoms. The number of rotatable bonds is 6. The van der Waals surface area contributed by atoms with Crippen LogP contribution in [0, 0.1) is 18.3 Å². The van der Waals surface area contributed by atoms with Crippen LogP contribution in [0.1, 0.15) is 25.7 Å². The van der Waals surface area contributed by atoms with Crippen LogP contribution >= 0.6 is 0 Å². The van der Waals surface area contributed by atoms with E-state index in [-0.39, 0.29) is 6.04 Å². The number of aliphatic carboxylic acids is 1. The number of nitrogens with one attached hydrogen (secondary N) is 1. The molecular weight excluding hydrogens is 166 g/mol. The Labute approximate surface area is 78.5 Å². The predicted molar refractivity (Wildman–Crippen MR) is 50.2 cm³/mol. The van der Waals surface area contributed by atoms with Crippen molar-refractivity contribution in [3.8, 4) is 12.3 Å². The molecule has 0 aliphatic heterocycles. The molecule has 0 heterocycles. The number of carbonyl (C=O) groups is 1. The summed E-state index contributed by atoms with van der Waals surface area (Å²) in [6.45, 7) is 0.706. The lowest BCUT2D eigenvalue weighted by Gasteiger charge is -2.12. The summed E-state index contributed by atoms with van der Waals surface area (Å²) < 4.78 is 0. The van der Waals surface area contributed by atoms with Crippen molar-refractivity contribution in [3.05, 3.63) is 0 Å². The van der Waals surface area contributed by atoms with Gasteiger partial charge < -0.3 is 10.4 Å². The molecule has 0 aromatic rings. The van der Waals surface area contributed by atoms with Gasteiger partial charge in [-0.15, -0.1) is 12.3 Å². The SMILES string of the molecule is C#CCCCNC(C(=O)O)C1CC1. The van der Waals surface area contributed by atoms with Gasteiger partial charge >= 0.3 is 5.97 Å². The standard InChI is InChI=1S/C10H15NO2/c1-2-3-4-7-11-9(10(12)13)8-5-6-8/h1,8-9,11H,3-7H2,(H,12,13). The fourth-order valence-electron chi connectivity index (χ4n) is 1.33. The number of terminal acetylenes is 1. The van der Waals surface area contributed by atoms with E-state index in [1.54, 1.807) is 0 Å². The fraction of sp³-hybridized carbons (Fsp3) is 0.700. The first kappa shape index (κ1) is 10.1. The van der Waals surface area contributed by atoms with E-state index in [0.29, 0.717) is 18.9 Å². The monoisotopic (exact) mass is 181 g/mol. The first-order valence-corrected chi connectivity index (χ1v) is 4.65. The van der Waals surface area contributed by atoms with Crippen LogP contribution in [0.4, 0.5) is 0 Å². The van der Waals surface area contributed by atoms with E-state index in [1.807, 2.05) is 0 Å². The Morgan fingerprint density at radius 3 is 2.85 bits per heavy atom. The van der Waals surface area contributed by atoms with Gasteiger partial charge in [0.15, 0.2) is 0 Å². The summed E-state index contributed by atoms with van der Waals surface area (Å²) in [5.41, 5.74) is 0. The van der Waals surface area contributed by atoms with E-state index in [2.05, 4.69) is 11.2 Å². The minimum atomic E-state index is -0.733. The Morgan fingerprint density at radius 1 is 1.69 bits per heavy atom. The molecule has 13 heavy (non-hydrogen) atoms. The van der Waals surface area contributed by atoms with Gasteiger partial charge in [0, 0.05) is 6.42 Å². The van der Waals surface area contributed by atoms with Gasteiger partial charge in [-0.2, -0.15) is 0 Å². The second-order valence-electron chi connectivity index (χ2n) is 3.42. The van der Waals surface area contributed by atoms with Crippen LogP contribution in [0.5, 0.6) is 0 Å². The van der Waals surface area contributed by atoms with Gasteiger partial charge in [-0.3, -0.25) is 4.79 Å². The van der Waals surface area contributed by atoms with Crippen molar-refractivity contribution in [2.24, 2.45) is 5.92 Å². The average molecular weight is 181 g/mol. The topological polar surface area (TPSA) is 49.3 Å². The number of hydrogen-bond donors (Lipinski definition) is 2. The van der Waals surface area contributed by atoms with Gasteiger partial charge in [-0.05, 0) is 31.7 Å². The smallest absolute Gasteiger partial charge is 0.320 e. The maximum atomic E-state index is 10.7. The van der Waals surface area contributed by atoms with Gasteiger partial charge in [0.25, 0.3) is 0 Å². The maximum Gasteiger partial charge on any atom is 0.320 e. The molecule has 0 aromatic carbocycles. The molecule has 1 unspecified atom stereocenters. The molecule has 0 bridgehead atoms. The highest BCUT2D eigenvalue weighted by molar-refractivity contribution is 5.74. The van der Waals surface area contributed by atoms with Crippen molar-refractivity contribution in [1.29, 1.82) is 0 Å². The van der Waals surface area contributed by atoms with Gasteiger partial charge in [0.1, 0.15) is 6.04 Å². The Balaban J connectivity index is 2.16. The Hall–Kier alpha value is -1.01. The zero-order valence-electron chi connectivity index (χ0n) is 7.62. The Kier molecular flexibility index (Phi) is 3.78. The Morgan fingerprint density at radius 2 is 2.38 bits per heavy atom. The molecule has 1 aliphatic rings. The minimum absolute atomic E-state index is 0.349. The molecule has 1 fully saturated rings. The highest BCUT2D eigenvalue weighted by Crippen LogP contribution is 2.32. The van der Waals surface area contributed by atoms with E-state index >= 15 is 0 Å². The summed E-state index contributed by atoms with van der Waals surface area (Å²) in [5.74, 6) is 2.15. The third kappa shape index (κ3) is 3.47. The molecule has 0 radical (unpaired) electrons. The van der Waals surface area contributed by atoms with Crippen molar-refractivity contribution in [2.45, 2.75) is 31.7 Å². The van der Waals surface area contributed by atoms with Crippen LogP contribution < -0.4 is 5.32 Å². The number of carboxylic acids is 1.